The van der Waals surface area contributed by atoms with Gasteiger partial charge in [0.2, 0.25) is 0 Å². The predicted octanol–water partition coefficient (Wildman–Crippen LogP) is 0.964. The van der Waals surface area contributed by atoms with Crippen molar-refractivity contribution in [3.05, 3.63) is 0 Å². The zero-order chi connectivity index (χ0) is 6.57. The van der Waals surface area contributed by atoms with E-state index in [0.29, 0.717) is 12.5 Å². The van der Waals surface area contributed by atoms with Gasteiger partial charge >= 0.3 is 0 Å². The first-order chi connectivity index (χ1) is 3.68. The lowest BCUT2D eigenvalue weighted by Crippen LogP contribution is -2.29. The zero-order valence-corrected chi connectivity index (χ0v) is 5.85. The zero-order valence-electron chi connectivity index (χ0n) is 5.85. The van der Waals surface area contributed by atoms with Crippen LogP contribution in [0.1, 0.15) is 20.8 Å². The van der Waals surface area contributed by atoms with E-state index < -0.39 is 0 Å². The van der Waals surface area contributed by atoms with Crippen LogP contribution in [-0.2, 0) is 4.74 Å². The van der Waals surface area contributed by atoms with Crippen LogP contribution in [0.5, 0.6) is 0 Å². The molecular weight excluding hydrogens is 102 g/mol. The summed E-state index contributed by atoms with van der Waals surface area (Å²) < 4.78 is 5.08. The molecule has 2 heteroatoms. The molecule has 2 nitrogen and oxygen atoms in total. The van der Waals surface area contributed by atoms with E-state index in [1.165, 1.54) is 0 Å². The van der Waals surface area contributed by atoms with E-state index in [-0.39, 0.29) is 6.23 Å². The number of nitrogens with two attached hydrogens (primary N) is 1. The average molecular weight is 117 g/mol. The molecule has 1 atom stereocenters. The standard InChI is InChI=1S/C6H15NO/c1-4-8-6(7)5(2)3/h5-6H,4,7H2,1-3H3. The summed E-state index contributed by atoms with van der Waals surface area (Å²) in [5, 5.41) is 0. The summed E-state index contributed by atoms with van der Waals surface area (Å²) in [7, 11) is 0. The van der Waals surface area contributed by atoms with Crippen LogP contribution in [0.2, 0.25) is 0 Å². The second-order valence-electron chi connectivity index (χ2n) is 2.16. The van der Waals surface area contributed by atoms with Gasteiger partial charge in [0, 0.05) is 6.61 Å². The molecular formula is C6H15NO. The van der Waals surface area contributed by atoms with Gasteiger partial charge in [-0.25, -0.2) is 0 Å². The normalized spacial score (nSPS) is 14.6. The Kier molecular flexibility index (Phi) is 3.83. The molecule has 0 bridgehead atoms. The van der Waals surface area contributed by atoms with Crippen molar-refractivity contribution in [2.45, 2.75) is 27.0 Å². The summed E-state index contributed by atoms with van der Waals surface area (Å²) >= 11 is 0. The molecule has 0 heterocycles. The van der Waals surface area contributed by atoms with Crippen LogP contribution < -0.4 is 5.73 Å². The van der Waals surface area contributed by atoms with E-state index in [4.69, 9.17) is 10.5 Å². The van der Waals surface area contributed by atoms with E-state index in [9.17, 15) is 0 Å². The molecule has 0 radical (unpaired) electrons. The SMILES string of the molecule is CCOC(N)C(C)C. The van der Waals surface area contributed by atoms with Gasteiger partial charge in [-0.1, -0.05) is 13.8 Å². The van der Waals surface area contributed by atoms with Gasteiger partial charge < -0.3 is 10.5 Å². The Bertz CT molecular complexity index is 54.5. The lowest BCUT2D eigenvalue weighted by Gasteiger charge is -2.14. The van der Waals surface area contributed by atoms with Crippen molar-refractivity contribution in [3.63, 3.8) is 0 Å². The Labute approximate surface area is 51.0 Å². The topological polar surface area (TPSA) is 35.2 Å². The average Bonchev–Trinajstić information content (AvgIpc) is 1.67. The fourth-order valence-corrected chi connectivity index (χ4v) is 0.385. The van der Waals surface area contributed by atoms with Gasteiger partial charge in [-0.15, -0.1) is 0 Å². The molecule has 0 aliphatic heterocycles. The molecule has 8 heavy (non-hydrogen) atoms. The maximum atomic E-state index is 5.50. The Morgan fingerprint density at radius 2 is 2.00 bits per heavy atom. The lowest BCUT2D eigenvalue weighted by molar-refractivity contribution is 0.0355. The largest absolute Gasteiger partial charge is 0.364 e. The molecule has 50 valence electrons. The summed E-state index contributed by atoms with van der Waals surface area (Å²) in [4.78, 5) is 0. The van der Waals surface area contributed by atoms with Gasteiger partial charge in [0.1, 0.15) is 6.23 Å². The van der Waals surface area contributed by atoms with Crippen molar-refractivity contribution in [1.29, 1.82) is 0 Å². The smallest absolute Gasteiger partial charge is 0.107 e. The van der Waals surface area contributed by atoms with E-state index in [1.54, 1.807) is 0 Å². The van der Waals surface area contributed by atoms with Crippen molar-refractivity contribution < 1.29 is 4.74 Å². The van der Waals surface area contributed by atoms with E-state index in [1.807, 2.05) is 20.8 Å². The third kappa shape index (κ3) is 2.99. The molecule has 1 unspecified atom stereocenters. The summed E-state index contributed by atoms with van der Waals surface area (Å²) in [5.41, 5.74) is 5.50. The molecule has 0 aromatic rings. The number of rotatable bonds is 3. The molecule has 0 amide bonds. The lowest BCUT2D eigenvalue weighted by atomic mass is 10.2. The molecule has 0 aliphatic rings. The van der Waals surface area contributed by atoms with Crippen LogP contribution >= 0.6 is 0 Å². The van der Waals surface area contributed by atoms with Gasteiger partial charge in [-0.05, 0) is 12.8 Å². The molecule has 0 saturated heterocycles. The number of hydrogen-bond acceptors (Lipinski definition) is 2. The fraction of sp³-hybridized carbons (Fsp3) is 1.00. The van der Waals surface area contributed by atoms with Crippen LogP contribution in [0.3, 0.4) is 0 Å². The minimum atomic E-state index is -0.0833. The number of hydrogen-bond donors (Lipinski definition) is 1. The maximum Gasteiger partial charge on any atom is 0.107 e. The minimum absolute atomic E-state index is 0.0833. The molecule has 0 aliphatic carbocycles. The van der Waals surface area contributed by atoms with E-state index in [0.717, 1.165) is 0 Å². The third-order valence-electron chi connectivity index (χ3n) is 1.02. The summed E-state index contributed by atoms with van der Waals surface area (Å²) in [6.45, 7) is 6.74. The van der Waals surface area contributed by atoms with Crippen LogP contribution in [0.15, 0.2) is 0 Å². The summed E-state index contributed by atoms with van der Waals surface area (Å²) in [5.74, 6) is 0.426. The molecule has 0 aromatic heterocycles. The molecule has 0 spiro atoms. The second kappa shape index (κ2) is 3.87. The molecule has 0 fully saturated rings. The Morgan fingerprint density at radius 1 is 1.50 bits per heavy atom. The monoisotopic (exact) mass is 117 g/mol. The van der Waals surface area contributed by atoms with Crippen LogP contribution in [0.25, 0.3) is 0 Å². The van der Waals surface area contributed by atoms with E-state index >= 15 is 0 Å². The van der Waals surface area contributed by atoms with Crippen LogP contribution in [-0.4, -0.2) is 12.8 Å². The van der Waals surface area contributed by atoms with Gasteiger partial charge in [0.05, 0.1) is 0 Å². The predicted molar refractivity (Wildman–Crippen MR) is 34.4 cm³/mol. The molecule has 2 N–H and O–H groups in total. The highest BCUT2D eigenvalue weighted by Gasteiger charge is 2.04. The van der Waals surface area contributed by atoms with Crippen LogP contribution in [0.4, 0.5) is 0 Å². The van der Waals surface area contributed by atoms with Crippen molar-refractivity contribution >= 4 is 0 Å². The molecule has 0 aromatic carbocycles. The van der Waals surface area contributed by atoms with E-state index in [2.05, 4.69) is 0 Å². The van der Waals surface area contributed by atoms with Crippen molar-refractivity contribution in [2.24, 2.45) is 11.7 Å². The number of ether oxygens (including phenoxy) is 1. The highest BCUT2D eigenvalue weighted by Crippen LogP contribution is 1.97. The first-order valence-corrected chi connectivity index (χ1v) is 3.05. The Morgan fingerprint density at radius 3 is 2.12 bits per heavy atom. The summed E-state index contributed by atoms with van der Waals surface area (Å²) in [6, 6.07) is 0. The van der Waals surface area contributed by atoms with Gasteiger partial charge in [-0.3, -0.25) is 0 Å². The van der Waals surface area contributed by atoms with Crippen molar-refractivity contribution in [2.75, 3.05) is 6.61 Å². The second-order valence-corrected chi connectivity index (χ2v) is 2.16. The first-order valence-electron chi connectivity index (χ1n) is 3.05. The van der Waals surface area contributed by atoms with Crippen molar-refractivity contribution in [1.82, 2.24) is 0 Å². The highest BCUT2D eigenvalue weighted by atomic mass is 16.5. The first kappa shape index (κ1) is 7.92. The van der Waals surface area contributed by atoms with Gasteiger partial charge in [0.25, 0.3) is 0 Å². The van der Waals surface area contributed by atoms with Crippen LogP contribution in [0, 0.1) is 5.92 Å². The molecule has 0 saturated carbocycles. The Hall–Kier alpha value is -0.0800. The van der Waals surface area contributed by atoms with Crippen molar-refractivity contribution in [3.8, 4) is 0 Å². The minimum Gasteiger partial charge on any atom is -0.364 e. The quantitative estimate of drug-likeness (QED) is 0.559. The Balaban J connectivity index is 3.17. The molecule has 0 rings (SSSR count). The fourth-order valence-electron chi connectivity index (χ4n) is 0.385. The van der Waals surface area contributed by atoms with Gasteiger partial charge in [0.15, 0.2) is 0 Å². The van der Waals surface area contributed by atoms with Gasteiger partial charge in [-0.2, -0.15) is 0 Å². The highest BCUT2D eigenvalue weighted by molar-refractivity contribution is 4.50. The summed E-state index contributed by atoms with van der Waals surface area (Å²) in [6.07, 6.45) is -0.0833. The maximum absolute atomic E-state index is 5.50. The third-order valence-corrected chi connectivity index (χ3v) is 1.02.